The Balaban J connectivity index is 1.84. The van der Waals surface area contributed by atoms with Gasteiger partial charge in [-0.1, -0.05) is 55.5 Å². The van der Waals surface area contributed by atoms with E-state index in [1.165, 1.54) is 5.56 Å². The molecule has 2 rings (SSSR count). The van der Waals surface area contributed by atoms with Crippen LogP contribution in [0.4, 0.5) is 0 Å². The summed E-state index contributed by atoms with van der Waals surface area (Å²) in [5, 5.41) is 0. The van der Waals surface area contributed by atoms with Crippen molar-refractivity contribution in [2.45, 2.75) is 25.7 Å². The average Bonchev–Trinajstić information content (AvgIpc) is 2.53. The van der Waals surface area contributed by atoms with Crippen molar-refractivity contribution in [3.63, 3.8) is 0 Å². The Labute approximate surface area is 120 Å². The molecule has 1 atom stereocenters. The van der Waals surface area contributed by atoms with Crippen LogP contribution in [0.2, 0.25) is 0 Å². The zero-order valence-electron chi connectivity index (χ0n) is 11.8. The van der Waals surface area contributed by atoms with Crippen LogP contribution in [0.15, 0.2) is 60.7 Å². The minimum atomic E-state index is -0.242. The second kappa shape index (κ2) is 7.49. The van der Waals surface area contributed by atoms with E-state index in [0.29, 0.717) is 18.1 Å². The molecular formula is C18H20O2. The summed E-state index contributed by atoms with van der Waals surface area (Å²) in [6.45, 7) is 2.62. The molecule has 0 saturated carbocycles. The predicted octanol–water partition coefficient (Wildman–Crippen LogP) is 4.43. The van der Waals surface area contributed by atoms with Crippen LogP contribution in [-0.2, 0) is 4.74 Å². The van der Waals surface area contributed by atoms with Gasteiger partial charge >= 0.3 is 5.97 Å². The van der Waals surface area contributed by atoms with Gasteiger partial charge in [-0.15, -0.1) is 0 Å². The van der Waals surface area contributed by atoms with Gasteiger partial charge in [-0.2, -0.15) is 0 Å². The number of carbonyl (C=O) groups is 1. The normalized spacial score (nSPS) is 11.8. The SMILES string of the molecule is CCC(CCOC(=O)c1ccccc1)c1ccccc1. The predicted molar refractivity (Wildman–Crippen MR) is 80.8 cm³/mol. The summed E-state index contributed by atoms with van der Waals surface area (Å²) in [7, 11) is 0. The van der Waals surface area contributed by atoms with Crippen molar-refractivity contribution in [3.05, 3.63) is 71.8 Å². The van der Waals surface area contributed by atoms with Crippen molar-refractivity contribution < 1.29 is 9.53 Å². The molecule has 2 aromatic rings. The van der Waals surface area contributed by atoms with Crippen molar-refractivity contribution in [3.8, 4) is 0 Å². The highest BCUT2D eigenvalue weighted by Gasteiger charge is 2.11. The second-order valence-corrected chi connectivity index (χ2v) is 4.81. The number of ether oxygens (including phenoxy) is 1. The van der Waals surface area contributed by atoms with E-state index in [1.807, 2.05) is 36.4 Å². The van der Waals surface area contributed by atoms with Gasteiger partial charge in [-0.25, -0.2) is 4.79 Å². The lowest BCUT2D eigenvalue weighted by atomic mass is 9.94. The van der Waals surface area contributed by atoms with E-state index in [-0.39, 0.29) is 5.97 Å². The van der Waals surface area contributed by atoms with Crippen molar-refractivity contribution in [2.24, 2.45) is 0 Å². The van der Waals surface area contributed by atoms with Gasteiger partial charge in [0.25, 0.3) is 0 Å². The maximum atomic E-state index is 11.8. The summed E-state index contributed by atoms with van der Waals surface area (Å²) in [5.74, 6) is 0.202. The molecule has 0 bridgehead atoms. The largest absolute Gasteiger partial charge is 0.462 e. The third-order valence-corrected chi connectivity index (χ3v) is 3.47. The lowest BCUT2D eigenvalue weighted by Gasteiger charge is -2.15. The van der Waals surface area contributed by atoms with Crippen LogP contribution in [0.25, 0.3) is 0 Å². The lowest BCUT2D eigenvalue weighted by molar-refractivity contribution is 0.0492. The molecule has 2 aromatic carbocycles. The first-order chi connectivity index (χ1) is 9.81. The summed E-state index contributed by atoms with van der Waals surface area (Å²) in [6.07, 6.45) is 1.91. The minimum Gasteiger partial charge on any atom is -0.462 e. The minimum absolute atomic E-state index is 0.242. The van der Waals surface area contributed by atoms with Crippen molar-refractivity contribution in [1.29, 1.82) is 0 Å². The smallest absolute Gasteiger partial charge is 0.338 e. The van der Waals surface area contributed by atoms with E-state index >= 15 is 0 Å². The summed E-state index contributed by atoms with van der Waals surface area (Å²) in [6, 6.07) is 19.5. The molecule has 0 N–H and O–H groups in total. The molecule has 0 saturated heterocycles. The van der Waals surface area contributed by atoms with Gasteiger partial charge < -0.3 is 4.74 Å². The van der Waals surface area contributed by atoms with E-state index in [9.17, 15) is 4.79 Å². The van der Waals surface area contributed by atoms with E-state index < -0.39 is 0 Å². The van der Waals surface area contributed by atoms with Crippen LogP contribution in [-0.4, -0.2) is 12.6 Å². The molecular weight excluding hydrogens is 248 g/mol. The van der Waals surface area contributed by atoms with Crippen LogP contribution in [0.3, 0.4) is 0 Å². The van der Waals surface area contributed by atoms with E-state index in [0.717, 1.165) is 12.8 Å². The molecule has 1 unspecified atom stereocenters. The Kier molecular flexibility index (Phi) is 5.36. The summed E-state index contributed by atoms with van der Waals surface area (Å²) >= 11 is 0. The summed E-state index contributed by atoms with van der Waals surface area (Å²) in [4.78, 5) is 11.8. The summed E-state index contributed by atoms with van der Waals surface area (Å²) < 4.78 is 5.34. The highest BCUT2D eigenvalue weighted by molar-refractivity contribution is 5.89. The molecule has 104 valence electrons. The average molecular weight is 268 g/mol. The van der Waals surface area contributed by atoms with Crippen LogP contribution in [0.1, 0.15) is 41.6 Å². The lowest BCUT2D eigenvalue weighted by Crippen LogP contribution is -2.09. The maximum absolute atomic E-state index is 11.8. The fourth-order valence-corrected chi connectivity index (χ4v) is 2.28. The first kappa shape index (κ1) is 14.3. The highest BCUT2D eigenvalue weighted by atomic mass is 16.5. The van der Waals surface area contributed by atoms with Gasteiger partial charge in [0.2, 0.25) is 0 Å². The maximum Gasteiger partial charge on any atom is 0.338 e. The Hall–Kier alpha value is -2.09. The number of esters is 1. The van der Waals surface area contributed by atoms with E-state index in [4.69, 9.17) is 4.74 Å². The number of hydrogen-bond donors (Lipinski definition) is 0. The molecule has 0 aromatic heterocycles. The number of hydrogen-bond acceptors (Lipinski definition) is 2. The topological polar surface area (TPSA) is 26.3 Å². The van der Waals surface area contributed by atoms with Crippen LogP contribution in [0.5, 0.6) is 0 Å². The monoisotopic (exact) mass is 268 g/mol. The Morgan fingerprint density at radius 1 is 1.00 bits per heavy atom. The Morgan fingerprint density at radius 3 is 2.20 bits per heavy atom. The molecule has 0 radical (unpaired) electrons. The molecule has 0 amide bonds. The Bertz CT molecular complexity index is 520. The number of benzene rings is 2. The fraction of sp³-hybridized carbons (Fsp3) is 0.278. The van der Waals surface area contributed by atoms with Gasteiger partial charge in [0.1, 0.15) is 0 Å². The first-order valence-electron chi connectivity index (χ1n) is 7.08. The quantitative estimate of drug-likeness (QED) is 0.724. The Morgan fingerprint density at radius 2 is 1.60 bits per heavy atom. The van der Waals surface area contributed by atoms with Crippen LogP contribution in [0, 0.1) is 0 Å². The van der Waals surface area contributed by atoms with Gasteiger partial charge in [0.15, 0.2) is 0 Å². The zero-order valence-corrected chi connectivity index (χ0v) is 11.8. The molecule has 0 spiro atoms. The fourth-order valence-electron chi connectivity index (χ4n) is 2.28. The zero-order chi connectivity index (χ0) is 14.2. The molecule has 0 heterocycles. The first-order valence-corrected chi connectivity index (χ1v) is 7.08. The number of carbonyl (C=O) groups excluding carboxylic acids is 1. The third-order valence-electron chi connectivity index (χ3n) is 3.47. The molecule has 0 fully saturated rings. The molecule has 20 heavy (non-hydrogen) atoms. The summed E-state index contributed by atoms with van der Waals surface area (Å²) in [5.41, 5.74) is 1.92. The van der Waals surface area contributed by atoms with Gasteiger partial charge in [0, 0.05) is 0 Å². The number of rotatable bonds is 6. The second-order valence-electron chi connectivity index (χ2n) is 4.81. The van der Waals surface area contributed by atoms with Crippen molar-refractivity contribution in [1.82, 2.24) is 0 Å². The third kappa shape index (κ3) is 3.95. The molecule has 2 nitrogen and oxygen atoms in total. The highest BCUT2D eigenvalue weighted by Crippen LogP contribution is 2.22. The van der Waals surface area contributed by atoms with Gasteiger partial charge in [-0.3, -0.25) is 0 Å². The van der Waals surface area contributed by atoms with Crippen LogP contribution >= 0.6 is 0 Å². The molecule has 0 aliphatic carbocycles. The van der Waals surface area contributed by atoms with Gasteiger partial charge in [0.05, 0.1) is 12.2 Å². The molecule has 0 aliphatic heterocycles. The van der Waals surface area contributed by atoms with Crippen LogP contribution < -0.4 is 0 Å². The van der Waals surface area contributed by atoms with Gasteiger partial charge in [-0.05, 0) is 36.5 Å². The standard InChI is InChI=1S/C18H20O2/c1-2-15(16-9-5-3-6-10-16)13-14-20-18(19)17-11-7-4-8-12-17/h3-12,15H,2,13-14H2,1H3. The van der Waals surface area contributed by atoms with Crippen molar-refractivity contribution >= 4 is 5.97 Å². The molecule has 2 heteroatoms. The van der Waals surface area contributed by atoms with E-state index in [2.05, 4.69) is 19.1 Å². The molecule has 0 aliphatic rings. The van der Waals surface area contributed by atoms with E-state index in [1.54, 1.807) is 12.1 Å². The van der Waals surface area contributed by atoms with Crippen molar-refractivity contribution in [2.75, 3.05) is 6.61 Å².